The first-order valence-corrected chi connectivity index (χ1v) is 11.1. The number of fused-ring (bicyclic) bond motifs is 1. The number of ether oxygens (including phenoxy) is 1. The zero-order valence-electron chi connectivity index (χ0n) is 17.5. The average molecular weight is 544 g/mol. The van der Waals surface area contributed by atoms with Crippen LogP contribution < -0.4 is 15.4 Å². The molecule has 0 unspecified atom stereocenters. The SMILES string of the molecule is CN=C(NCCc1ccc2c(c1)CCO2)NCc1ccccc1S(=O)(=O)N(C)C.I. The van der Waals surface area contributed by atoms with Gasteiger partial charge in [-0.2, -0.15) is 0 Å². The fourth-order valence-corrected chi connectivity index (χ4v) is 4.33. The van der Waals surface area contributed by atoms with E-state index < -0.39 is 10.0 Å². The number of nitrogens with zero attached hydrogens (tertiary/aromatic N) is 2. The Kier molecular flexibility index (Phi) is 8.92. The summed E-state index contributed by atoms with van der Waals surface area (Å²) in [5.41, 5.74) is 3.21. The Morgan fingerprint density at radius 1 is 1.17 bits per heavy atom. The third kappa shape index (κ3) is 5.86. The van der Waals surface area contributed by atoms with E-state index in [1.807, 2.05) is 18.2 Å². The van der Waals surface area contributed by atoms with Gasteiger partial charge in [-0.25, -0.2) is 12.7 Å². The van der Waals surface area contributed by atoms with Crippen molar-refractivity contribution < 1.29 is 13.2 Å². The maximum absolute atomic E-state index is 12.5. The van der Waals surface area contributed by atoms with Gasteiger partial charge >= 0.3 is 0 Å². The number of rotatable bonds is 7. The number of halogens is 1. The number of sulfonamides is 1. The zero-order chi connectivity index (χ0) is 20.9. The molecule has 1 heterocycles. The quantitative estimate of drug-likeness (QED) is 0.318. The van der Waals surface area contributed by atoms with Gasteiger partial charge in [0.15, 0.2) is 5.96 Å². The van der Waals surface area contributed by atoms with Crippen LogP contribution in [0.3, 0.4) is 0 Å². The molecule has 0 aromatic heterocycles. The lowest BCUT2D eigenvalue weighted by Crippen LogP contribution is -2.38. The Labute approximate surface area is 196 Å². The topological polar surface area (TPSA) is 83.0 Å². The molecule has 1 aliphatic heterocycles. The maximum Gasteiger partial charge on any atom is 0.242 e. The highest BCUT2D eigenvalue weighted by Gasteiger charge is 2.20. The summed E-state index contributed by atoms with van der Waals surface area (Å²) < 4.78 is 31.8. The van der Waals surface area contributed by atoms with E-state index >= 15 is 0 Å². The molecule has 0 bridgehead atoms. The number of hydrogen-bond donors (Lipinski definition) is 2. The van der Waals surface area contributed by atoms with Crippen molar-refractivity contribution >= 4 is 40.0 Å². The summed E-state index contributed by atoms with van der Waals surface area (Å²) in [5, 5.41) is 6.49. The smallest absolute Gasteiger partial charge is 0.242 e. The molecule has 9 heteroatoms. The Morgan fingerprint density at radius 3 is 2.67 bits per heavy atom. The molecule has 2 aromatic rings. The van der Waals surface area contributed by atoms with Crippen LogP contribution in [0.25, 0.3) is 0 Å². The predicted octanol–water partition coefficient (Wildman–Crippen LogP) is 2.40. The Balaban J connectivity index is 0.00000320. The van der Waals surface area contributed by atoms with Crippen LogP contribution in [-0.2, 0) is 29.4 Å². The number of aliphatic imine (C=N–C) groups is 1. The van der Waals surface area contributed by atoms with Crippen molar-refractivity contribution in [2.75, 3.05) is 34.3 Å². The Bertz CT molecular complexity index is 993. The normalized spacial score (nSPS) is 13.4. The van der Waals surface area contributed by atoms with Gasteiger partial charge < -0.3 is 15.4 Å². The van der Waals surface area contributed by atoms with Crippen LogP contribution in [0, 0.1) is 0 Å². The summed E-state index contributed by atoms with van der Waals surface area (Å²) in [4.78, 5) is 4.53. The fourth-order valence-electron chi connectivity index (χ4n) is 3.22. The van der Waals surface area contributed by atoms with Crippen molar-refractivity contribution in [3.05, 3.63) is 59.2 Å². The molecule has 7 nitrogen and oxygen atoms in total. The molecule has 0 saturated heterocycles. The monoisotopic (exact) mass is 544 g/mol. The molecular weight excluding hydrogens is 515 g/mol. The standard InChI is InChI=1S/C21H28N4O3S.HI/c1-22-21(23-12-10-16-8-9-19-17(14-16)11-13-28-19)24-15-18-6-4-5-7-20(18)29(26,27)25(2)3;/h4-9,14H,10-13,15H2,1-3H3,(H2,22,23,24);1H. The summed E-state index contributed by atoms with van der Waals surface area (Å²) in [5.74, 6) is 1.62. The van der Waals surface area contributed by atoms with E-state index in [-0.39, 0.29) is 24.0 Å². The van der Waals surface area contributed by atoms with Gasteiger partial charge in [0, 0.05) is 40.7 Å². The summed E-state index contributed by atoms with van der Waals surface area (Å²) in [6.07, 6.45) is 1.83. The molecule has 0 spiro atoms. The van der Waals surface area contributed by atoms with Gasteiger partial charge in [-0.1, -0.05) is 30.3 Å². The molecule has 0 aliphatic carbocycles. The Morgan fingerprint density at radius 2 is 1.93 bits per heavy atom. The van der Waals surface area contributed by atoms with Crippen LogP contribution in [-0.4, -0.2) is 53.0 Å². The molecular formula is C21H29IN4O3S. The molecule has 0 atom stereocenters. The summed E-state index contributed by atoms with van der Waals surface area (Å²) in [6, 6.07) is 13.3. The molecule has 0 fully saturated rings. The van der Waals surface area contributed by atoms with Crippen molar-refractivity contribution in [1.29, 1.82) is 0 Å². The van der Waals surface area contributed by atoms with Gasteiger partial charge in [-0.3, -0.25) is 4.99 Å². The van der Waals surface area contributed by atoms with Crippen LogP contribution >= 0.6 is 24.0 Å². The van der Waals surface area contributed by atoms with E-state index in [4.69, 9.17) is 4.74 Å². The third-order valence-corrected chi connectivity index (χ3v) is 6.78. The van der Waals surface area contributed by atoms with Crippen molar-refractivity contribution in [3.8, 4) is 5.75 Å². The minimum atomic E-state index is -3.50. The molecule has 0 amide bonds. The first kappa shape index (κ1) is 24.4. The number of guanidine groups is 1. The summed E-state index contributed by atoms with van der Waals surface area (Å²) >= 11 is 0. The molecule has 0 radical (unpaired) electrons. The van der Waals surface area contributed by atoms with E-state index in [2.05, 4.69) is 27.8 Å². The molecule has 3 rings (SSSR count). The van der Waals surface area contributed by atoms with Crippen LogP contribution in [0.15, 0.2) is 52.4 Å². The molecule has 164 valence electrons. The van der Waals surface area contributed by atoms with Crippen LogP contribution in [0.2, 0.25) is 0 Å². The lowest BCUT2D eigenvalue weighted by molar-refractivity contribution is 0.357. The van der Waals surface area contributed by atoms with Gasteiger partial charge in [0.1, 0.15) is 5.75 Å². The van der Waals surface area contributed by atoms with Crippen molar-refractivity contribution in [2.45, 2.75) is 24.3 Å². The molecule has 0 saturated carbocycles. The molecule has 30 heavy (non-hydrogen) atoms. The molecule has 1 aliphatic rings. The maximum atomic E-state index is 12.5. The molecule has 2 N–H and O–H groups in total. The first-order chi connectivity index (χ1) is 13.9. The van der Waals surface area contributed by atoms with Gasteiger partial charge in [0.25, 0.3) is 0 Å². The first-order valence-electron chi connectivity index (χ1n) is 9.61. The molecule has 2 aromatic carbocycles. The second kappa shape index (κ2) is 11.0. The van der Waals surface area contributed by atoms with Crippen molar-refractivity contribution in [2.24, 2.45) is 4.99 Å². The fraction of sp³-hybridized carbons (Fsp3) is 0.381. The number of hydrogen-bond acceptors (Lipinski definition) is 4. The minimum Gasteiger partial charge on any atom is -0.493 e. The van der Waals surface area contributed by atoms with E-state index in [0.29, 0.717) is 23.0 Å². The lowest BCUT2D eigenvalue weighted by Gasteiger charge is -2.17. The number of benzene rings is 2. The predicted molar refractivity (Wildman–Crippen MR) is 130 cm³/mol. The van der Waals surface area contributed by atoms with E-state index in [1.54, 1.807) is 19.2 Å². The Hall–Kier alpha value is -1.85. The van der Waals surface area contributed by atoms with E-state index in [0.717, 1.165) is 31.7 Å². The average Bonchev–Trinajstić information content (AvgIpc) is 3.18. The van der Waals surface area contributed by atoms with E-state index in [9.17, 15) is 8.42 Å². The number of nitrogens with one attached hydrogen (secondary N) is 2. The van der Waals surface area contributed by atoms with Crippen LogP contribution in [0.4, 0.5) is 0 Å². The lowest BCUT2D eigenvalue weighted by atomic mass is 10.1. The highest BCUT2D eigenvalue weighted by Crippen LogP contribution is 2.25. The minimum absolute atomic E-state index is 0. The third-order valence-electron chi connectivity index (χ3n) is 4.86. The summed E-state index contributed by atoms with van der Waals surface area (Å²) in [7, 11) is 1.27. The van der Waals surface area contributed by atoms with Gasteiger partial charge in [0.2, 0.25) is 10.0 Å². The highest BCUT2D eigenvalue weighted by atomic mass is 127. The van der Waals surface area contributed by atoms with Crippen molar-refractivity contribution in [3.63, 3.8) is 0 Å². The summed E-state index contributed by atoms with van der Waals surface area (Å²) in [6.45, 7) is 1.84. The van der Waals surface area contributed by atoms with Crippen LogP contribution in [0.1, 0.15) is 16.7 Å². The largest absolute Gasteiger partial charge is 0.493 e. The van der Waals surface area contributed by atoms with Gasteiger partial charge in [-0.05, 0) is 35.2 Å². The van der Waals surface area contributed by atoms with E-state index in [1.165, 1.54) is 29.5 Å². The highest BCUT2D eigenvalue weighted by molar-refractivity contribution is 14.0. The van der Waals surface area contributed by atoms with Crippen molar-refractivity contribution in [1.82, 2.24) is 14.9 Å². The second-order valence-electron chi connectivity index (χ2n) is 7.04. The second-order valence-corrected chi connectivity index (χ2v) is 9.16. The zero-order valence-corrected chi connectivity index (χ0v) is 20.7. The van der Waals surface area contributed by atoms with Crippen LogP contribution in [0.5, 0.6) is 5.75 Å². The van der Waals surface area contributed by atoms with Gasteiger partial charge in [0.05, 0.1) is 11.5 Å². The van der Waals surface area contributed by atoms with Gasteiger partial charge in [-0.15, -0.1) is 24.0 Å².